The second-order valence-corrected chi connectivity index (χ2v) is 5.30. The number of hydrogen-bond acceptors (Lipinski definition) is 3. The topological polar surface area (TPSA) is 52.3 Å². The van der Waals surface area contributed by atoms with Crippen molar-refractivity contribution in [3.63, 3.8) is 0 Å². The van der Waals surface area contributed by atoms with Gasteiger partial charge >= 0.3 is 5.97 Å². The highest BCUT2D eigenvalue weighted by Crippen LogP contribution is 2.33. The van der Waals surface area contributed by atoms with E-state index in [1.807, 2.05) is 36.4 Å². The minimum atomic E-state index is -0.753. The van der Waals surface area contributed by atoms with Gasteiger partial charge in [0.25, 0.3) is 0 Å². The van der Waals surface area contributed by atoms with Crippen molar-refractivity contribution in [2.24, 2.45) is 11.1 Å². The standard InChI is InChI=1S/C16H19NO2/c1-16(2,15(18)19-3)14(17)13-9-8-11-6-4-5-7-12(11)10-13/h4-10,14H,17H2,1-3H3. The molecule has 19 heavy (non-hydrogen) atoms. The van der Waals surface area contributed by atoms with Gasteiger partial charge in [-0.3, -0.25) is 4.79 Å². The van der Waals surface area contributed by atoms with Gasteiger partial charge in [-0.1, -0.05) is 36.4 Å². The normalized spacial score (nSPS) is 13.3. The average Bonchev–Trinajstić information content (AvgIpc) is 2.44. The third-order valence-electron chi connectivity index (χ3n) is 3.62. The molecule has 1 atom stereocenters. The number of carbonyl (C=O) groups excluding carboxylic acids is 1. The Morgan fingerprint density at radius 3 is 2.42 bits per heavy atom. The molecule has 2 N–H and O–H groups in total. The first-order chi connectivity index (χ1) is 8.96. The molecule has 3 heteroatoms. The SMILES string of the molecule is COC(=O)C(C)(C)C(N)c1ccc2ccccc2c1. The number of rotatable bonds is 3. The molecule has 0 aliphatic carbocycles. The fourth-order valence-electron chi connectivity index (χ4n) is 2.21. The second-order valence-electron chi connectivity index (χ2n) is 5.30. The smallest absolute Gasteiger partial charge is 0.313 e. The summed E-state index contributed by atoms with van der Waals surface area (Å²) in [5.74, 6) is -0.298. The van der Waals surface area contributed by atoms with Crippen molar-refractivity contribution < 1.29 is 9.53 Å². The lowest BCUT2D eigenvalue weighted by Crippen LogP contribution is -2.37. The van der Waals surface area contributed by atoms with Crippen molar-refractivity contribution in [2.75, 3.05) is 7.11 Å². The van der Waals surface area contributed by atoms with Gasteiger partial charge in [0.15, 0.2) is 0 Å². The Kier molecular flexibility index (Phi) is 3.58. The van der Waals surface area contributed by atoms with Crippen molar-refractivity contribution in [1.82, 2.24) is 0 Å². The zero-order chi connectivity index (χ0) is 14.0. The van der Waals surface area contributed by atoms with Crippen molar-refractivity contribution in [1.29, 1.82) is 0 Å². The summed E-state index contributed by atoms with van der Waals surface area (Å²) in [6.07, 6.45) is 0. The van der Waals surface area contributed by atoms with Gasteiger partial charge in [-0.25, -0.2) is 0 Å². The minimum absolute atomic E-state index is 0.298. The van der Waals surface area contributed by atoms with Crippen LogP contribution < -0.4 is 5.73 Å². The van der Waals surface area contributed by atoms with E-state index in [1.165, 1.54) is 7.11 Å². The van der Waals surface area contributed by atoms with Gasteiger partial charge in [0.1, 0.15) is 0 Å². The Labute approximate surface area is 113 Å². The van der Waals surface area contributed by atoms with Crippen molar-refractivity contribution in [3.05, 3.63) is 48.0 Å². The van der Waals surface area contributed by atoms with Gasteiger partial charge in [-0.05, 0) is 36.2 Å². The molecule has 0 spiro atoms. The molecule has 1 unspecified atom stereocenters. The first-order valence-electron chi connectivity index (χ1n) is 6.29. The van der Waals surface area contributed by atoms with Gasteiger partial charge in [0.2, 0.25) is 0 Å². The third kappa shape index (κ3) is 2.47. The van der Waals surface area contributed by atoms with E-state index < -0.39 is 11.5 Å². The average molecular weight is 257 g/mol. The van der Waals surface area contributed by atoms with E-state index in [-0.39, 0.29) is 5.97 Å². The number of carbonyl (C=O) groups is 1. The minimum Gasteiger partial charge on any atom is -0.469 e. The summed E-state index contributed by atoms with van der Waals surface area (Å²) >= 11 is 0. The molecule has 100 valence electrons. The largest absolute Gasteiger partial charge is 0.469 e. The Balaban J connectivity index is 2.41. The van der Waals surface area contributed by atoms with Crippen LogP contribution in [0.15, 0.2) is 42.5 Å². The molecule has 0 fully saturated rings. The highest BCUT2D eigenvalue weighted by atomic mass is 16.5. The summed E-state index contributed by atoms with van der Waals surface area (Å²) in [7, 11) is 1.39. The van der Waals surface area contributed by atoms with E-state index >= 15 is 0 Å². The molecule has 2 aromatic carbocycles. The Bertz CT molecular complexity index is 604. The fraction of sp³-hybridized carbons (Fsp3) is 0.312. The molecule has 0 amide bonds. The highest BCUT2D eigenvalue weighted by molar-refractivity contribution is 5.83. The first-order valence-corrected chi connectivity index (χ1v) is 6.29. The number of fused-ring (bicyclic) bond motifs is 1. The molecule has 0 bridgehead atoms. The van der Waals surface area contributed by atoms with Crippen molar-refractivity contribution >= 4 is 16.7 Å². The van der Waals surface area contributed by atoms with E-state index in [4.69, 9.17) is 10.5 Å². The lowest BCUT2D eigenvalue weighted by Gasteiger charge is -2.29. The lowest BCUT2D eigenvalue weighted by molar-refractivity contribution is -0.152. The molecule has 0 heterocycles. The summed E-state index contributed by atoms with van der Waals surface area (Å²) < 4.78 is 4.83. The molecule has 0 saturated heterocycles. The maximum Gasteiger partial charge on any atom is 0.313 e. The van der Waals surface area contributed by atoms with Crippen LogP contribution >= 0.6 is 0 Å². The van der Waals surface area contributed by atoms with Crippen LogP contribution in [0.3, 0.4) is 0 Å². The third-order valence-corrected chi connectivity index (χ3v) is 3.62. The monoisotopic (exact) mass is 257 g/mol. The molecule has 2 aromatic rings. The Morgan fingerprint density at radius 2 is 1.79 bits per heavy atom. The molecule has 0 saturated carbocycles. The van der Waals surface area contributed by atoms with E-state index in [1.54, 1.807) is 13.8 Å². The van der Waals surface area contributed by atoms with Crippen LogP contribution in [0.1, 0.15) is 25.5 Å². The van der Waals surface area contributed by atoms with Crippen LogP contribution in [0.2, 0.25) is 0 Å². The molecular weight excluding hydrogens is 238 g/mol. The van der Waals surface area contributed by atoms with Crippen LogP contribution in [0.5, 0.6) is 0 Å². The predicted octanol–water partition coefficient (Wildman–Crippen LogP) is 3.04. The lowest BCUT2D eigenvalue weighted by atomic mass is 9.80. The van der Waals surface area contributed by atoms with Crippen LogP contribution in [0.25, 0.3) is 10.8 Å². The Morgan fingerprint density at radius 1 is 1.16 bits per heavy atom. The fourth-order valence-corrected chi connectivity index (χ4v) is 2.21. The molecule has 3 nitrogen and oxygen atoms in total. The number of nitrogens with two attached hydrogens (primary N) is 1. The maximum atomic E-state index is 11.8. The van der Waals surface area contributed by atoms with E-state index in [2.05, 4.69) is 6.07 Å². The van der Waals surface area contributed by atoms with E-state index in [0.717, 1.165) is 16.3 Å². The highest BCUT2D eigenvalue weighted by Gasteiger charge is 2.36. The van der Waals surface area contributed by atoms with Gasteiger partial charge < -0.3 is 10.5 Å². The number of methoxy groups -OCH3 is 1. The molecule has 2 rings (SSSR count). The summed E-state index contributed by atoms with van der Waals surface area (Å²) in [5.41, 5.74) is 6.43. The van der Waals surface area contributed by atoms with Crippen molar-refractivity contribution in [3.8, 4) is 0 Å². The van der Waals surface area contributed by atoms with Gasteiger partial charge in [0.05, 0.1) is 12.5 Å². The van der Waals surface area contributed by atoms with Crippen molar-refractivity contribution in [2.45, 2.75) is 19.9 Å². The van der Waals surface area contributed by atoms with Gasteiger partial charge in [-0.2, -0.15) is 0 Å². The first kappa shape index (κ1) is 13.6. The van der Waals surface area contributed by atoms with E-state index in [0.29, 0.717) is 0 Å². The Hall–Kier alpha value is -1.87. The second kappa shape index (κ2) is 5.02. The molecule has 0 aliphatic heterocycles. The van der Waals surface area contributed by atoms with Gasteiger partial charge in [-0.15, -0.1) is 0 Å². The van der Waals surface area contributed by atoms with Crippen LogP contribution in [0.4, 0.5) is 0 Å². The van der Waals surface area contributed by atoms with Gasteiger partial charge in [0, 0.05) is 6.04 Å². The molecular formula is C16H19NO2. The zero-order valence-electron chi connectivity index (χ0n) is 11.5. The quantitative estimate of drug-likeness (QED) is 0.860. The molecule has 0 aliphatic rings. The number of esters is 1. The van der Waals surface area contributed by atoms with Crippen LogP contribution in [-0.2, 0) is 9.53 Å². The van der Waals surface area contributed by atoms with E-state index in [9.17, 15) is 4.79 Å². The summed E-state index contributed by atoms with van der Waals surface area (Å²) in [5, 5.41) is 2.28. The molecule has 0 radical (unpaired) electrons. The van der Waals surface area contributed by atoms with Crippen LogP contribution in [0, 0.1) is 5.41 Å². The molecule has 0 aromatic heterocycles. The summed E-state index contributed by atoms with van der Waals surface area (Å²) in [4.78, 5) is 11.8. The van der Waals surface area contributed by atoms with Crippen LogP contribution in [-0.4, -0.2) is 13.1 Å². The zero-order valence-corrected chi connectivity index (χ0v) is 11.5. The summed E-state index contributed by atoms with van der Waals surface area (Å²) in [6.45, 7) is 3.61. The number of ether oxygens (including phenoxy) is 1. The predicted molar refractivity (Wildman–Crippen MR) is 76.7 cm³/mol. The maximum absolute atomic E-state index is 11.8. The number of benzene rings is 2. The summed E-state index contributed by atoms with van der Waals surface area (Å²) in [6, 6.07) is 13.7. The number of hydrogen-bond donors (Lipinski definition) is 1.